The minimum Gasteiger partial charge on any atom is -0.480 e. The standard InChI is InChI=1S/C33H42N4O9S/c34-23(31(41)42)5-6-26(38)36-24(29(39)37-30(40)32(43)44)16-47-25-15-18-3-1-17(2-4-18)12-21-13-20(11-19-7-9-35-10-8-19)14-22-27(21)28(25)46-33(22)45/h7-10,14,17-18,21-25,30,40H,1-6,11-13,15-16,34H2,(H,36,38)(H,37,39)(H,41,42)(H,43,44). The number of carbonyl (C=O) groups excluding carboxylic acids is 3. The third kappa shape index (κ3) is 8.79. The fraction of sp³-hybridized carbons (Fsp3) is 0.576. The Morgan fingerprint density at radius 3 is 2.36 bits per heavy atom. The van der Waals surface area contributed by atoms with Crippen LogP contribution in [0.2, 0.25) is 0 Å². The molecule has 2 amide bonds. The lowest BCUT2D eigenvalue weighted by Gasteiger charge is -2.37. The van der Waals surface area contributed by atoms with Crippen molar-refractivity contribution in [3.63, 3.8) is 0 Å². The first-order chi connectivity index (χ1) is 22.5. The average molecular weight is 671 g/mol. The molecule has 6 rings (SSSR count). The van der Waals surface area contributed by atoms with Crippen molar-refractivity contribution in [1.82, 2.24) is 15.6 Å². The van der Waals surface area contributed by atoms with E-state index in [-0.39, 0.29) is 35.7 Å². The van der Waals surface area contributed by atoms with Gasteiger partial charge in [0.25, 0.3) is 0 Å². The van der Waals surface area contributed by atoms with Crippen molar-refractivity contribution in [2.24, 2.45) is 29.4 Å². The van der Waals surface area contributed by atoms with Crippen LogP contribution >= 0.6 is 11.8 Å². The lowest BCUT2D eigenvalue weighted by atomic mass is 9.68. The Morgan fingerprint density at radius 1 is 1.02 bits per heavy atom. The number of aromatic nitrogens is 1. The van der Waals surface area contributed by atoms with Gasteiger partial charge >= 0.3 is 17.9 Å². The number of aliphatic hydroxyl groups is 1. The van der Waals surface area contributed by atoms with Crippen LogP contribution in [0.5, 0.6) is 0 Å². The molecule has 0 aromatic carbocycles. The summed E-state index contributed by atoms with van der Waals surface area (Å²) in [5, 5.41) is 32.2. The van der Waals surface area contributed by atoms with Crippen LogP contribution in [0.1, 0.15) is 63.4 Å². The molecule has 6 atom stereocenters. The fourth-order valence-corrected chi connectivity index (χ4v) is 8.64. The molecule has 0 saturated heterocycles. The first-order valence-electron chi connectivity index (χ1n) is 16.1. The van der Waals surface area contributed by atoms with Gasteiger partial charge in [-0.2, -0.15) is 0 Å². The van der Waals surface area contributed by atoms with Crippen molar-refractivity contribution in [2.75, 3.05) is 5.75 Å². The molecular weight excluding hydrogens is 628 g/mol. The second kappa shape index (κ2) is 15.4. The predicted molar refractivity (Wildman–Crippen MR) is 170 cm³/mol. The highest BCUT2D eigenvalue weighted by atomic mass is 32.2. The van der Waals surface area contributed by atoms with E-state index in [1.807, 2.05) is 23.5 Å². The van der Waals surface area contributed by atoms with Crippen LogP contribution in [0.15, 0.2) is 47.5 Å². The number of nitrogens with one attached hydrogen (secondary N) is 2. The number of nitrogens with two attached hydrogens (primary N) is 1. The van der Waals surface area contributed by atoms with Crippen LogP contribution in [0.25, 0.3) is 0 Å². The third-order valence-corrected chi connectivity index (χ3v) is 11.0. The highest BCUT2D eigenvalue weighted by Gasteiger charge is 2.46. The number of hydrogen-bond acceptors (Lipinski definition) is 10. The first kappa shape index (κ1) is 34.6. The zero-order chi connectivity index (χ0) is 33.7. The van der Waals surface area contributed by atoms with Gasteiger partial charge in [-0.25, -0.2) is 4.79 Å². The first-order valence-corrected chi connectivity index (χ1v) is 17.2. The Morgan fingerprint density at radius 2 is 1.70 bits per heavy atom. The number of carbonyl (C=O) groups is 5. The normalized spacial score (nSPS) is 27.1. The van der Waals surface area contributed by atoms with Crippen LogP contribution in [-0.4, -0.2) is 79.3 Å². The zero-order valence-electron chi connectivity index (χ0n) is 26.0. The number of carboxylic acid groups (broad SMARTS) is 2. The summed E-state index contributed by atoms with van der Waals surface area (Å²) in [6.07, 6.45) is 10.5. The number of carboxylic acids is 2. The molecule has 0 spiro atoms. The maximum atomic E-state index is 13.4. The van der Waals surface area contributed by atoms with Gasteiger partial charge in [0.2, 0.25) is 18.0 Å². The zero-order valence-corrected chi connectivity index (χ0v) is 26.8. The van der Waals surface area contributed by atoms with Gasteiger partial charge < -0.3 is 36.4 Å². The topological polar surface area (TPSA) is 218 Å². The van der Waals surface area contributed by atoms with Crippen LogP contribution in [0.3, 0.4) is 0 Å². The summed E-state index contributed by atoms with van der Waals surface area (Å²) in [7, 11) is 0. The Labute approximate surface area is 276 Å². The number of ether oxygens (including phenoxy) is 1. The SMILES string of the molecule is NC(CCC(=O)NC(CSC1CC2CCC(CC2)CC2CC(Cc3ccncc3)=CC3C(=O)OC1=C23)C(=O)NC(O)C(=O)O)C(=O)O. The maximum Gasteiger partial charge on any atom is 0.353 e. The quantitative estimate of drug-likeness (QED) is 0.101. The summed E-state index contributed by atoms with van der Waals surface area (Å²) in [5.41, 5.74) is 8.86. The minimum atomic E-state index is -2.19. The number of allylic oxidation sites excluding steroid dienone is 1. The van der Waals surface area contributed by atoms with Crippen LogP contribution in [0.4, 0.5) is 0 Å². The van der Waals surface area contributed by atoms with Gasteiger partial charge in [0.15, 0.2) is 0 Å². The predicted octanol–water partition coefficient (Wildman–Crippen LogP) is 1.90. The van der Waals surface area contributed by atoms with Crippen LogP contribution in [-0.2, 0) is 35.1 Å². The van der Waals surface area contributed by atoms with Gasteiger partial charge in [0.05, 0.1) is 5.25 Å². The summed E-state index contributed by atoms with van der Waals surface area (Å²) in [5.74, 6) is -3.58. The summed E-state index contributed by atoms with van der Waals surface area (Å²) in [6.45, 7) is 0. The fourth-order valence-electron chi connectivity index (χ4n) is 7.24. The molecule has 7 N–H and O–H groups in total. The summed E-state index contributed by atoms with van der Waals surface area (Å²) in [4.78, 5) is 65.7. The van der Waals surface area contributed by atoms with Gasteiger partial charge in [-0.15, -0.1) is 11.8 Å². The van der Waals surface area contributed by atoms with E-state index >= 15 is 0 Å². The van der Waals surface area contributed by atoms with Crippen molar-refractivity contribution in [3.05, 3.63) is 53.1 Å². The molecule has 0 radical (unpaired) electrons. The van der Waals surface area contributed by atoms with Crippen molar-refractivity contribution in [1.29, 1.82) is 0 Å². The number of thioether (sulfide) groups is 1. The maximum absolute atomic E-state index is 13.4. The van der Waals surface area contributed by atoms with Crippen LogP contribution in [0, 0.1) is 23.7 Å². The summed E-state index contributed by atoms with van der Waals surface area (Å²) < 4.78 is 6.08. The second-order valence-electron chi connectivity index (χ2n) is 13.0. The van der Waals surface area contributed by atoms with Crippen molar-refractivity contribution in [2.45, 2.75) is 87.8 Å². The van der Waals surface area contributed by atoms with E-state index in [1.165, 1.54) is 17.3 Å². The molecule has 1 aromatic rings. The molecule has 254 valence electrons. The molecule has 4 aliphatic carbocycles. The number of rotatable bonds is 13. The van der Waals surface area contributed by atoms with E-state index in [1.54, 1.807) is 12.4 Å². The molecule has 1 aromatic heterocycles. The number of aliphatic hydroxyl groups excluding tert-OH is 1. The molecule has 2 heterocycles. The molecule has 47 heavy (non-hydrogen) atoms. The molecule has 14 heteroatoms. The van der Waals surface area contributed by atoms with Crippen molar-refractivity contribution >= 4 is 41.5 Å². The van der Waals surface area contributed by atoms with Gasteiger partial charge in [0, 0.05) is 24.6 Å². The molecular formula is C33H42N4O9S. The Bertz CT molecular complexity index is 1430. The van der Waals surface area contributed by atoms with Crippen molar-refractivity contribution < 1.29 is 44.0 Å². The van der Waals surface area contributed by atoms with E-state index in [2.05, 4.69) is 10.3 Å². The third-order valence-electron chi connectivity index (χ3n) is 9.67. The van der Waals surface area contributed by atoms with E-state index in [0.717, 1.165) is 56.1 Å². The molecule has 1 aliphatic heterocycles. The Kier molecular flexibility index (Phi) is 11.4. The number of esters is 1. The molecule has 5 aliphatic rings. The van der Waals surface area contributed by atoms with Gasteiger partial charge in [0.1, 0.15) is 23.8 Å². The highest BCUT2D eigenvalue weighted by molar-refractivity contribution is 8.00. The number of nitrogens with zero attached hydrogens (tertiary/aromatic N) is 1. The largest absolute Gasteiger partial charge is 0.480 e. The summed E-state index contributed by atoms with van der Waals surface area (Å²) in [6, 6.07) is 1.43. The van der Waals surface area contributed by atoms with E-state index in [0.29, 0.717) is 24.0 Å². The number of aliphatic carboxylic acids is 2. The van der Waals surface area contributed by atoms with Crippen LogP contribution < -0.4 is 16.4 Å². The molecule has 13 nitrogen and oxygen atoms in total. The number of fused-ring (bicyclic) bond motifs is 3. The van der Waals surface area contributed by atoms with Gasteiger partial charge in [-0.05, 0) is 73.1 Å². The van der Waals surface area contributed by atoms with E-state index in [4.69, 9.17) is 20.7 Å². The Balaban J connectivity index is 1.39. The van der Waals surface area contributed by atoms with Gasteiger partial charge in [-0.3, -0.25) is 24.2 Å². The smallest absolute Gasteiger partial charge is 0.353 e. The number of hydrogen-bond donors (Lipinski definition) is 6. The van der Waals surface area contributed by atoms with E-state index in [9.17, 15) is 29.1 Å². The average Bonchev–Trinajstić information content (AvgIpc) is 3.38. The monoisotopic (exact) mass is 670 g/mol. The lowest BCUT2D eigenvalue weighted by molar-refractivity contribution is -0.151. The van der Waals surface area contributed by atoms with E-state index < -0.39 is 48.0 Å². The lowest BCUT2D eigenvalue weighted by Crippen LogP contribution is -2.53. The molecule has 1 saturated carbocycles. The Hall–Kier alpha value is -3.75. The highest BCUT2D eigenvalue weighted by Crippen LogP contribution is 2.51. The van der Waals surface area contributed by atoms with Gasteiger partial charge in [-0.1, -0.05) is 37.3 Å². The minimum absolute atomic E-state index is 0.0122. The van der Waals surface area contributed by atoms with Crippen molar-refractivity contribution in [3.8, 4) is 0 Å². The molecule has 6 unspecified atom stereocenters. The molecule has 2 bridgehead atoms. The molecule has 1 fully saturated rings. The second-order valence-corrected chi connectivity index (χ2v) is 14.2. The number of pyridine rings is 1. The number of amides is 2. The summed E-state index contributed by atoms with van der Waals surface area (Å²) >= 11 is 1.35.